The molecule has 0 unspecified atom stereocenters. The first kappa shape index (κ1) is 42.8. The molecule has 6 aromatic carbocycles. The van der Waals surface area contributed by atoms with Crippen LogP contribution in [0.2, 0.25) is 0 Å². The Bertz CT molecular complexity index is 2180. The summed E-state index contributed by atoms with van der Waals surface area (Å²) in [5.74, 6) is -0.162. The van der Waals surface area contributed by atoms with E-state index < -0.39 is 35.5 Å². The van der Waals surface area contributed by atoms with Gasteiger partial charge >= 0.3 is 6.09 Å². The zero-order chi connectivity index (χ0) is 42.0. The Morgan fingerprint density at radius 2 is 1.13 bits per heavy atom. The molecule has 6 aromatic rings. The second kappa shape index (κ2) is 21.9. The third kappa shape index (κ3) is 11.7. The monoisotopic (exact) mass is 804 g/mol. The van der Waals surface area contributed by atoms with Crippen molar-refractivity contribution >= 4 is 23.6 Å². The van der Waals surface area contributed by atoms with Crippen molar-refractivity contribution in [1.82, 2.24) is 16.0 Å². The Kier molecular flexibility index (Phi) is 15.6. The molecule has 308 valence electrons. The lowest BCUT2D eigenvalue weighted by Gasteiger charge is -2.37. The van der Waals surface area contributed by atoms with Gasteiger partial charge in [-0.3, -0.25) is 14.9 Å². The van der Waals surface area contributed by atoms with Crippen LogP contribution in [0.15, 0.2) is 170 Å². The van der Waals surface area contributed by atoms with E-state index in [0.717, 1.165) is 33.6 Å². The molecule has 2 atom stereocenters. The van der Waals surface area contributed by atoms with Gasteiger partial charge in [0.15, 0.2) is 0 Å². The lowest BCUT2D eigenvalue weighted by molar-refractivity contribution is -0.128. The number of alkyl carbamates (subject to hydrolysis) is 1. The van der Waals surface area contributed by atoms with Crippen molar-refractivity contribution in [2.75, 3.05) is 19.0 Å². The van der Waals surface area contributed by atoms with Gasteiger partial charge in [-0.1, -0.05) is 146 Å². The summed E-state index contributed by atoms with van der Waals surface area (Å²) < 4.78 is 11.0. The predicted octanol–water partition coefficient (Wildman–Crippen LogP) is 7.90. The second-order valence-corrected chi connectivity index (χ2v) is 14.5. The van der Waals surface area contributed by atoms with Gasteiger partial charge in [0.25, 0.3) is 0 Å². The summed E-state index contributed by atoms with van der Waals surface area (Å²) in [5, 5.41) is 22.1. The number of nitrogens with one attached hydrogen (secondary N) is 4. The van der Waals surface area contributed by atoms with Crippen molar-refractivity contribution in [2.24, 2.45) is 0 Å². The van der Waals surface area contributed by atoms with Crippen LogP contribution >= 0.6 is 0 Å². The van der Waals surface area contributed by atoms with Crippen LogP contribution < -0.4 is 26.0 Å². The number of carbonyl (C=O) groups excluding carboxylic acids is 3. The molecule has 10 heteroatoms. The number of anilines is 1. The number of hydrogen-bond donors (Lipinski definition) is 5. The van der Waals surface area contributed by atoms with Crippen LogP contribution in [0.3, 0.4) is 0 Å². The first-order valence-corrected chi connectivity index (χ1v) is 20.2. The van der Waals surface area contributed by atoms with E-state index in [4.69, 9.17) is 9.47 Å². The summed E-state index contributed by atoms with van der Waals surface area (Å²) in [6, 6.07) is 52.2. The molecule has 6 rings (SSSR count). The number of hydrogen-bond acceptors (Lipinski definition) is 7. The first-order chi connectivity index (χ1) is 29.4. The van der Waals surface area contributed by atoms with Crippen LogP contribution in [0.5, 0.6) is 5.75 Å². The van der Waals surface area contributed by atoms with Gasteiger partial charge in [-0.2, -0.15) is 0 Å². The largest absolute Gasteiger partial charge is 0.497 e. The van der Waals surface area contributed by atoms with Gasteiger partial charge in [-0.05, 0) is 83.5 Å². The van der Waals surface area contributed by atoms with Gasteiger partial charge in [-0.25, -0.2) is 4.79 Å². The maximum Gasteiger partial charge on any atom is 0.408 e. The number of ether oxygens (including phenoxy) is 2. The van der Waals surface area contributed by atoms with Crippen LogP contribution in [0.1, 0.15) is 52.6 Å². The molecule has 3 amide bonds. The van der Waals surface area contributed by atoms with E-state index in [0.29, 0.717) is 37.1 Å². The molecular formula is C50H52N4O6. The van der Waals surface area contributed by atoms with Crippen LogP contribution in [0.4, 0.5) is 10.5 Å². The van der Waals surface area contributed by atoms with Gasteiger partial charge in [0.2, 0.25) is 11.8 Å². The molecule has 0 fully saturated rings. The standard InChI is InChI=1S/C50H52N4O6/c1-59-44-31-27-42(28-32-44)50(40-20-10-4-11-21-40,41-22-12-5-13-23-41)51-33-15-14-24-45(47(56)52-43-29-25-38(35-55)26-30-43)53-48(57)46(34-37-16-6-2-7-17-37)54-49(58)60-36-39-18-8-3-9-19-39/h2-13,16-23,25-32,45-46,51,55H,14-15,24,33-36H2,1H3,(H,52,56)(H,53,57)(H,54,58)/t45-,46-/m0/s1. The molecule has 10 nitrogen and oxygen atoms in total. The SMILES string of the molecule is COc1ccc(C(NCCCC[C@H](NC(=O)[C@H](Cc2ccccc2)NC(=O)OCc2ccccc2)C(=O)Nc2ccc(CO)cc2)(c2ccccc2)c2ccccc2)cc1. The highest BCUT2D eigenvalue weighted by molar-refractivity contribution is 5.98. The lowest BCUT2D eigenvalue weighted by Crippen LogP contribution is -2.53. The smallest absolute Gasteiger partial charge is 0.408 e. The van der Waals surface area contributed by atoms with E-state index in [-0.39, 0.29) is 19.6 Å². The van der Waals surface area contributed by atoms with Gasteiger partial charge in [0.05, 0.1) is 19.3 Å². The number of benzene rings is 6. The summed E-state index contributed by atoms with van der Waals surface area (Å²) in [7, 11) is 1.65. The quantitative estimate of drug-likeness (QED) is 0.0391. The van der Waals surface area contributed by atoms with Gasteiger partial charge in [0.1, 0.15) is 24.4 Å². The molecule has 0 aliphatic rings. The topological polar surface area (TPSA) is 138 Å². The number of amides is 3. The van der Waals surface area contributed by atoms with Gasteiger partial charge in [0, 0.05) is 12.1 Å². The van der Waals surface area contributed by atoms with Crippen molar-refractivity contribution in [3.05, 3.63) is 203 Å². The maximum atomic E-state index is 14.1. The summed E-state index contributed by atoms with van der Waals surface area (Å²) in [4.78, 5) is 41.2. The van der Waals surface area contributed by atoms with Crippen LogP contribution in [-0.4, -0.2) is 48.8 Å². The third-order valence-corrected chi connectivity index (χ3v) is 10.4. The molecular weight excluding hydrogens is 753 g/mol. The van der Waals surface area contributed by atoms with Crippen molar-refractivity contribution in [3.8, 4) is 5.75 Å². The van der Waals surface area contributed by atoms with Gasteiger partial charge < -0.3 is 30.5 Å². The zero-order valence-electron chi connectivity index (χ0n) is 33.8. The van der Waals surface area contributed by atoms with E-state index >= 15 is 0 Å². The molecule has 0 spiro atoms. The van der Waals surface area contributed by atoms with Crippen molar-refractivity contribution in [2.45, 2.75) is 56.5 Å². The van der Waals surface area contributed by atoms with E-state index in [1.54, 1.807) is 31.4 Å². The molecule has 0 bridgehead atoms. The Morgan fingerprint density at radius 1 is 0.583 bits per heavy atom. The number of methoxy groups -OCH3 is 1. The molecule has 0 aliphatic carbocycles. The summed E-state index contributed by atoms with van der Waals surface area (Å²) in [5.41, 5.74) is 5.34. The first-order valence-electron chi connectivity index (χ1n) is 20.2. The van der Waals surface area contributed by atoms with Crippen molar-refractivity contribution < 1.29 is 29.0 Å². The highest BCUT2D eigenvalue weighted by atomic mass is 16.5. The minimum atomic E-state index is -1.03. The average Bonchev–Trinajstić information content (AvgIpc) is 3.30. The zero-order valence-corrected chi connectivity index (χ0v) is 33.8. The molecule has 60 heavy (non-hydrogen) atoms. The van der Waals surface area contributed by atoms with E-state index in [2.05, 4.69) is 57.7 Å². The normalized spacial score (nSPS) is 12.1. The number of carbonyl (C=O) groups is 3. The maximum absolute atomic E-state index is 14.1. The van der Waals surface area contributed by atoms with E-state index in [1.165, 1.54) is 0 Å². The third-order valence-electron chi connectivity index (χ3n) is 10.4. The minimum Gasteiger partial charge on any atom is -0.497 e. The Labute approximate surface area is 352 Å². The highest BCUT2D eigenvalue weighted by Gasteiger charge is 2.36. The second-order valence-electron chi connectivity index (χ2n) is 14.5. The van der Waals surface area contributed by atoms with Crippen LogP contribution in [0, 0.1) is 0 Å². The van der Waals surface area contributed by atoms with Gasteiger partial charge in [-0.15, -0.1) is 0 Å². The molecule has 0 saturated carbocycles. The van der Waals surface area contributed by atoms with Crippen molar-refractivity contribution in [3.63, 3.8) is 0 Å². The molecule has 0 radical (unpaired) electrons. The van der Waals surface area contributed by atoms with E-state index in [9.17, 15) is 19.5 Å². The number of aliphatic hydroxyl groups excluding tert-OH is 1. The number of aliphatic hydroxyl groups is 1. The highest BCUT2D eigenvalue weighted by Crippen LogP contribution is 2.37. The molecule has 0 aliphatic heterocycles. The Morgan fingerprint density at radius 3 is 1.70 bits per heavy atom. The van der Waals surface area contributed by atoms with E-state index in [1.807, 2.05) is 109 Å². The predicted molar refractivity (Wildman–Crippen MR) is 234 cm³/mol. The molecule has 0 saturated heterocycles. The average molecular weight is 805 g/mol. The number of rotatable bonds is 20. The Balaban J connectivity index is 1.20. The van der Waals surface area contributed by atoms with Crippen LogP contribution in [0.25, 0.3) is 0 Å². The fraction of sp³-hybridized carbons (Fsp3) is 0.220. The fourth-order valence-corrected chi connectivity index (χ4v) is 7.20. The van der Waals surface area contributed by atoms with Crippen LogP contribution in [-0.2, 0) is 39.5 Å². The fourth-order valence-electron chi connectivity index (χ4n) is 7.20. The minimum absolute atomic E-state index is 0.0365. The lowest BCUT2D eigenvalue weighted by atomic mass is 9.77. The van der Waals surface area contributed by atoms with Crippen molar-refractivity contribution in [1.29, 1.82) is 0 Å². The summed E-state index contributed by atoms with van der Waals surface area (Å²) >= 11 is 0. The molecule has 0 heterocycles. The summed E-state index contributed by atoms with van der Waals surface area (Å²) in [6.07, 6.45) is 0.993. The summed E-state index contributed by atoms with van der Waals surface area (Å²) in [6.45, 7) is 0.486. The molecule has 5 N–H and O–H groups in total. The number of unbranched alkanes of at least 4 members (excludes halogenated alkanes) is 1. The molecule has 0 aromatic heterocycles. The Hall–Kier alpha value is -6.75.